The molecule has 1 aliphatic rings. The third-order valence-corrected chi connectivity index (χ3v) is 4.00. The van der Waals surface area contributed by atoms with Crippen molar-refractivity contribution in [2.45, 2.75) is 19.9 Å². The van der Waals surface area contributed by atoms with Crippen molar-refractivity contribution in [3.8, 4) is 0 Å². The number of benzene rings is 1. The molecular weight excluding hydrogens is 312 g/mol. The van der Waals surface area contributed by atoms with Crippen molar-refractivity contribution >= 4 is 28.3 Å². The maximum Gasteiger partial charge on any atom is 0.0230 e. The van der Waals surface area contributed by atoms with E-state index in [4.69, 9.17) is 0 Å². The van der Waals surface area contributed by atoms with Crippen molar-refractivity contribution in [1.29, 1.82) is 0 Å². The summed E-state index contributed by atoms with van der Waals surface area (Å²) in [6.45, 7) is 6.89. The van der Waals surface area contributed by atoms with Crippen molar-refractivity contribution in [3.05, 3.63) is 34.3 Å². The summed E-state index contributed by atoms with van der Waals surface area (Å²) in [6.07, 6.45) is 1.29. The second kappa shape index (κ2) is 6.90. The van der Waals surface area contributed by atoms with E-state index in [0.717, 1.165) is 24.1 Å². The lowest BCUT2D eigenvalue weighted by Gasteiger charge is -2.29. The van der Waals surface area contributed by atoms with Gasteiger partial charge < -0.3 is 10.2 Å². The minimum atomic E-state index is 0. The molecule has 102 valence electrons. The molecule has 0 aromatic heterocycles. The van der Waals surface area contributed by atoms with E-state index in [0.29, 0.717) is 5.41 Å². The summed E-state index contributed by atoms with van der Waals surface area (Å²) in [4.78, 5) is 2.43. The first kappa shape index (κ1) is 16.0. The Bertz CT molecular complexity index is 361. The van der Waals surface area contributed by atoms with E-state index in [9.17, 15) is 0 Å². The van der Waals surface area contributed by atoms with Gasteiger partial charge >= 0.3 is 0 Å². The molecule has 1 atom stereocenters. The van der Waals surface area contributed by atoms with Crippen LogP contribution in [0.3, 0.4) is 0 Å². The molecule has 1 aromatic rings. The van der Waals surface area contributed by atoms with Crippen molar-refractivity contribution in [3.63, 3.8) is 0 Å². The van der Waals surface area contributed by atoms with E-state index < -0.39 is 0 Å². The summed E-state index contributed by atoms with van der Waals surface area (Å²) in [5.74, 6) is 0. The maximum atomic E-state index is 3.47. The summed E-state index contributed by atoms with van der Waals surface area (Å²) in [7, 11) is 2.21. The first-order chi connectivity index (χ1) is 8.07. The van der Waals surface area contributed by atoms with Crippen LogP contribution in [0.2, 0.25) is 0 Å². The molecule has 1 N–H and O–H groups in total. The van der Waals surface area contributed by atoms with Gasteiger partial charge in [0.2, 0.25) is 0 Å². The summed E-state index contributed by atoms with van der Waals surface area (Å²) < 4.78 is 1.15. The molecule has 1 fully saturated rings. The lowest BCUT2D eigenvalue weighted by atomic mass is 9.89. The topological polar surface area (TPSA) is 15.3 Å². The van der Waals surface area contributed by atoms with E-state index in [1.54, 1.807) is 0 Å². The maximum absolute atomic E-state index is 3.47. The fourth-order valence-corrected chi connectivity index (χ4v) is 2.88. The smallest absolute Gasteiger partial charge is 0.0230 e. The Kier molecular flexibility index (Phi) is 6.12. The molecule has 1 saturated heterocycles. The van der Waals surface area contributed by atoms with Gasteiger partial charge in [0.05, 0.1) is 0 Å². The Morgan fingerprint density at radius 2 is 2.00 bits per heavy atom. The van der Waals surface area contributed by atoms with Crippen LogP contribution in [0.25, 0.3) is 0 Å². The molecule has 0 radical (unpaired) electrons. The number of hydrogen-bond donors (Lipinski definition) is 1. The predicted molar refractivity (Wildman–Crippen MR) is 83.3 cm³/mol. The number of nitrogens with zero attached hydrogens (tertiary/aromatic N) is 1. The first-order valence-corrected chi connectivity index (χ1v) is 7.00. The van der Waals surface area contributed by atoms with Crippen LogP contribution in [0, 0.1) is 5.41 Å². The van der Waals surface area contributed by atoms with Crippen LogP contribution in [0.15, 0.2) is 28.7 Å². The van der Waals surface area contributed by atoms with E-state index in [-0.39, 0.29) is 12.4 Å². The summed E-state index contributed by atoms with van der Waals surface area (Å²) in [5.41, 5.74) is 1.83. The fourth-order valence-electron chi connectivity index (χ4n) is 2.61. The van der Waals surface area contributed by atoms with Crippen molar-refractivity contribution in [2.75, 3.05) is 26.7 Å². The number of nitrogens with one attached hydrogen (secondary N) is 1. The number of rotatable bonds is 4. The van der Waals surface area contributed by atoms with Crippen LogP contribution in [-0.4, -0.2) is 31.6 Å². The van der Waals surface area contributed by atoms with Gasteiger partial charge in [-0.1, -0.05) is 35.0 Å². The second-order valence-electron chi connectivity index (χ2n) is 5.54. The molecule has 2 nitrogen and oxygen atoms in total. The van der Waals surface area contributed by atoms with Crippen LogP contribution in [0.1, 0.15) is 18.9 Å². The Morgan fingerprint density at radius 3 is 2.56 bits per heavy atom. The van der Waals surface area contributed by atoms with E-state index in [1.165, 1.54) is 18.5 Å². The van der Waals surface area contributed by atoms with Gasteiger partial charge in [0.15, 0.2) is 0 Å². The molecule has 18 heavy (non-hydrogen) atoms. The van der Waals surface area contributed by atoms with E-state index in [1.807, 2.05) is 0 Å². The Labute approximate surface area is 125 Å². The van der Waals surface area contributed by atoms with E-state index >= 15 is 0 Å². The zero-order valence-electron chi connectivity index (χ0n) is 11.1. The third kappa shape index (κ3) is 4.54. The van der Waals surface area contributed by atoms with Crippen LogP contribution < -0.4 is 5.32 Å². The fraction of sp³-hybridized carbons (Fsp3) is 0.571. The molecule has 0 spiro atoms. The van der Waals surface area contributed by atoms with Gasteiger partial charge in [-0.05, 0) is 43.1 Å². The Balaban J connectivity index is 0.00000162. The predicted octanol–water partition coefficient (Wildman–Crippen LogP) is 3.30. The monoisotopic (exact) mass is 332 g/mol. The lowest BCUT2D eigenvalue weighted by Crippen LogP contribution is -2.34. The van der Waals surface area contributed by atoms with E-state index in [2.05, 4.69) is 64.4 Å². The summed E-state index contributed by atoms with van der Waals surface area (Å²) in [5, 5.41) is 3.46. The van der Waals surface area contributed by atoms with Gasteiger partial charge in [-0.3, -0.25) is 0 Å². The van der Waals surface area contributed by atoms with Crippen molar-refractivity contribution < 1.29 is 0 Å². The Morgan fingerprint density at radius 1 is 1.33 bits per heavy atom. The standard InChI is InChI=1S/C14H21BrN2.ClH/c1-14(7-8-16-10-14)11-17(2)9-12-3-5-13(15)6-4-12;/h3-6,16H,7-11H2,1-2H3;1H. The van der Waals surface area contributed by atoms with Gasteiger partial charge in [-0.15, -0.1) is 12.4 Å². The van der Waals surface area contributed by atoms with Gasteiger partial charge in [-0.2, -0.15) is 0 Å². The van der Waals surface area contributed by atoms with Gasteiger partial charge in [0.1, 0.15) is 0 Å². The second-order valence-corrected chi connectivity index (χ2v) is 6.45. The quantitative estimate of drug-likeness (QED) is 0.909. The summed E-state index contributed by atoms with van der Waals surface area (Å²) >= 11 is 3.47. The van der Waals surface area contributed by atoms with Gasteiger partial charge in [-0.25, -0.2) is 0 Å². The molecule has 0 amide bonds. The molecule has 0 aliphatic carbocycles. The average molecular weight is 334 g/mol. The molecule has 2 rings (SSSR count). The average Bonchev–Trinajstić information content (AvgIpc) is 2.68. The molecule has 1 aliphatic heterocycles. The summed E-state index contributed by atoms with van der Waals surface area (Å²) in [6, 6.07) is 8.61. The molecule has 1 unspecified atom stereocenters. The van der Waals surface area contributed by atoms with Crippen LogP contribution >= 0.6 is 28.3 Å². The van der Waals surface area contributed by atoms with Gasteiger partial charge in [0.25, 0.3) is 0 Å². The van der Waals surface area contributed by atoms with Crippen LogP contribution in [-0.2, 0) is 6.54 Å². The molecule has 1 heterocycles. The highest BCUT2D eigenvalue weighted by molar-refractivity contribution is 9.10. The first-order valence-electron chi connectivity index (χ1n) is 6.21. The largest absolute Gasteiger partial charge is 0.316 e. The molecule has 0 bridgehead atoms. The molecule has 1 aromatic carbocycles. The van der Waals surface area contributed by atoms with Crippen molar-refractivity contribution in [1.82, 2.24) is 10.2 Å². The van der Waals surface area contributed by atoms with Crippen LogP contribution in [0.4, 0.5) is 0 Å². The molecule has 0 saturated carbocycles. The molecule has 4 heteroatoms. The zero-order chi connectivity index (χ0) is 12.3. The highest BCUT2D eigenvalue weighted by Gasteiger charge is 2.29. The van der Waals surface area contributed by atoms with Gasteiger partial charge in [0, 0.05) is 24.1 Å². The number of hydrogen-bond acceptors (Lipinski definition) is 2. The zero-order valence-corrected chi connectivity index (χ0v) is 13.5. The highest BCUT2D eigenvalue weighted by atomic mass is 79.9. The number of halogens is 2. The Hall–Kier alpha value is -0.0900. The van der Waals surface area contributed by atoms with Crippen molar-refractivity contribution in [2.24, 2.45) is 5.41 Å². The van der Waals surface area contributed by atoms with Crippen LogP contribution in [0.5, 0.6) is 0 Å². The normalized spacial score (nSPS) is 23.1. The molecular formula is C14H22BrClN2. The minimum Gasteiger partial charge on any atom is -0.316 e. The SMILES string of the molecule is CN(Cc1ccc(Br)cc1)CC1(C)CCNC1.Cl. The third-order valence-electron chi connectivity index (χ3n) is 3.47. The minimum absolute atomic E-state index is 0. The highest BCUT2D eigenvalue weighted by Crippen LogP contribution is 2.25. The lowest BCUT2D eigenvalue weighted by molar-refractivity contribution is 0.203.